The molecular weight excluding hydrogens is 536 g/mol. The van der Waals surface area contributed by atoms with Gasteiger partial charge in [0.1, 0.15) is 29.6 Å². The number of carbonyl (C=O) groups excluding carboxylic acids is 2. The van der Waals surface area contributed by atoms with Crippen LogP contribution >= 0.6 is 0 Å². The number of esters is 1. The first-order chi connectivity index (χ1) is 20.4. The summed E-state index contributed by atoms with van der Waals surface area (Å²) < 4.78 is 18.1. The molecule has 0 saturated carbocycles. The summed E-state index contributed by atoms with van der Waals surface area (Å²) in [5.74, 6) is 1.34. The lowest BCUT2D eigenvalue weighted by Gasteiger charge is -2.38. The van der Waals surface area contributed by atoms with Crippen LogP contribution in [0.15, 0.2) is 42.5 Å². The second-order valence-corrected chi connectivity index (χ2v) is 13.4. The Morgan fingerprint density at radius 3 is 2.35 bits per heavy atom. The lowest BCUT2D eigenvalue weighted by molar-refractivity contribution is -0.151. The van der Waals surface area contributed by atoms with E-state index in [0.717, 1.165) is 58.1 Å². The number of Topliss-reactive ketones (excluding diaryl/α,β-unsaturated/α-hetero) is 1. The van der Waals surface area contributed by atoms with Crippen molar-refractivity contribution in [3.63, 3.8) is 0 Å². The lowest BCUT2D eigenvalue weighted by Crippen LogP contribution is -2.42. The molecule has 0 aliphatic carbocycles. The first kappa shape index (κ1) is 34.4. The van der Waals surface area contributed by atoms with Crippen LogP contribution < -0.4 is 9.47 Å². The minimum absolute atomic E-state index is 0.131. The van der Waals surface area contributed by atoms with E-state index in [9.17, 15) is 9.59 Å². The van der Waals surface area contributed by atoms with Crippen LogP contribution in [0, 0.1) is 44.4 Å². The SMILES string of the molecule is COC(=O)C(C(=O)C[C@]1(C)CCc2c(C)c(OCc3ccccc3)c(C)c(C)c2O1)C(C)C=CC[C@H](C)CCCC(C)C. The third kappa shape index (κ3) is 9.20. The second kappa shape index (κ2) is 15.6. The van der Waals surface area contributed by atoms with Gasteiger partial charge in [-0.05, 0) is 87.0 Å². The first-order valence-electron chi connectivity index (χ1n) is 16.1. The van der Waals surface area contributed by atoms with Crippen molar-refractivity contribution in [1.82, 2.24) is 0 Å². The van der Waals surface area contributed by atoms with Crippen LogP contribution in [0.2, 0.25) is 0 Å². The van der Waals surface area contributed by atoms with Crippen molar-refractivity contribution < 1.29 is 23.8 Å². The number of ether oxygens (including phenoxy) is 3. The predicted octanol–water partition coefficient (Wildman–Crippen LogP) is 9.07. The Hall–Kier alpha value is -3.08. The summed E-state index contributed by atoms with van der Waals surface area (Å²) in [6.45, 7) is 17.4. The highest BCUT2D eigenvalue weighted by Gasteiger charge is 2.41. The molecule has 236 valence electrons. The molecule has 2 aromatic rings. The van der Waals surface area contributed by atoms with Crippen molar-refractivity contribution in [2.45, 2.75) is 113 Å². The fourth-order valence-electron chi connectivity index (χ4n) is 6.23. The Morgan fingerprint density at radius 1 is 1.00 bits per heavy atom. The third-order valence-electron chi connectivity index (χ3n) is 9.12. The largest absolute Gasteiger partial charge is 0.488 e. The molecule has 2 unspecified atom stereocenters. The fraction of sp³-hybridized carbons (Fsp3) is 0.579. The van der Waals surface area contributed by atoms with Gasteiger partial charge in [0.25, 0.3) is 0 Å². The molecule has 2 aromatic carbocycles. The maximum Gasteiger partial charge on any atom is 0.316 e. The summed E-state index contributed by atoms with van der Waals surface area (Å²) in [5, 5.41) is 0. The molecule has 1 aliphatic heterocycles. The van der Waals surface area contributed by atoms with Gasteiger partial charge in [-0.1, -0.05) is 89.4 Å². The van der Waals surface area contributed by atoms with E-state index in [1.165, 1.54) is 26.4 Å². The standard InChI is InChI=1S/C38H54O5/c1-25(2)15-13-16-26(3)17-14-18-27(4)34(37(40)41-9)33(39)23-38(8)22-21-32-30(7)35(28(5)29(6)36(32)43-38)42-24-31-19-11-10-12-20-31/h10-12,14,18-20,25-27,34H,13,15-17,21-24H2,1-9H3/t26-,27?,34?,38+/m1/s1. The van der Waals surface area contributed by atoms with Crippen LogP contribution in [0.1, 0.15) is 101 Å². The zero-order valence-electron chi connectivity index (χ0n) is 28.0. The number of allylic oxidation sites excluding steroid dienone is 2. The molecule has 0 fully saturated rings. The molecule has 43 heavy (non-hydrogen) atoms. The van der Waals surface area contributed by atoms with Crippen LogP contribution in [0.25, 0.3) is 0 Å². The number of fused-ring (bicyclic) bond motifs is 1. The predicted molar refractivity (Wildman–Crippen MR) is 175 cm³/mol. The molecule has 5 heteroatoms. The molecule has 0 saturated heterocycles. The first-order valence-corrected chi connectivity index (χ1v) is 16.1. The molecule has 0 amide bonds. The van der Waals surface area contributed by atoms with E-state index in [-0.39, 0.29) is 18.1 Å². The Morgan fingerprint density at radius 2 is 1.70 bits per heavy atom. The summed E-state index contributed by atoms with van der Waals surface area (Å²) in [4.78, 5) is 26.6. The Balaban J connectivity index is 1.71. The fourth-order valence-corrected chi connectivity index (χ4v) is 6.23. The molecule has 0 bridgehead atoms. The minimum atomic E-state index is -0.849. The van der Waals surface area contributed by atoms with Gasteiger partial charge in [0.05, 0.1) is 7.11 Å². The van der Waals surface area contributed by atoms with Gasteiger partial charge in [-0.2, -0.15) is 0 Å². The Bertz CT molecular complexity index is 1260. The number of hydrogen-bond acceptors (Lipinski definition) is 5. The average molecular weight is 591 g/mol. The monoisotopic (exact) mass is 590 g/mol. The van der Waals surface area contributed by atoms with Gasteiger partial charge in [0.15, 0.2) is 5.78 Å². The van der Waals surface area contributed by atoms with Gasteiger partial charge < -0.3 is 14.2 Å². The molecule has 0 spiro atoms. The molecule has 5 nitrogen and oxygen atoms in total. The molecule has 1 aliphatic rings. The van der Waals surface area contributed by atoms with Crippen LogP contribution in [-0.4, -0.2) is 24.5 Å². The number of benzene rings is 2. The van der Waals surface area contributed by atoms with Crippen molar-refractivity contribution in [1.29, 1.82) is 0 Å². The van der Waals surface area contributed by atoms with E-state index in [4.69, 9.17) is 14.2 Å². The van der Waals surface area contributed by atoms with Crippen molar-refractivity contribution in [2.24, 2.45) is 23.7 Å². The van der Waals surface area contributed by atoms with Gasteiger partial charge in [-0.15, -0.1) is 0 Å². The van der Waals surface area contributed by atoms with E-state index in [1.807, 2.05) is 38.1 Å². The van der Waals surface area contributed by atoms with E-state index in [2.05, 4.69) is 59.8 Å². The van der Waals surface area contributed by atoms with Gasteiger partial charge >= 0.3 is 5.97 Å². The van der Waals surface area contributed by atoms with Gasteiger partial charge in [0.2, 0.25) is 0 Å². The minimum Gasteiger partial charge on any atom is -0.488 e. The number of ketones is 1. The maximum absolute atomic E-state index is 13.7. The van der Waals surface area contributed by atoms with Crippen LogP contribution in [0.4, 0.5) is 0 Å². The van der Waals surface area contributed by atoms with E-state index < -0.39 is 17.5 Å². The summed E-state index contributed by atoms with van der Waals surface area (Å²) in [7, 11) is 1.36. The summed E-state index contributed by atoms with van der Waals surface area (Å²) in [6.07, 6.45) is 10.4. The summed E-state index contributed by atoms with van der Waals surface area (Å²) in [6, 6.07) is 10.2. The number of hydrogen-bond donors (Lipinski definition) is 0. The van der Waals surface area contributed by atoms with Crippen LogP contribution in [0.5, 0.6) is 11.5 Å². The highest BCUT2D eigenvalue weighted by molar-refractivity contribution is 6.00. The Kier molecular flexibility index (Phi) is 12.5. The molecule has 0 N–H and O–H groups in total. The second-order valence-electron chi connectivity index (χ2n) is 13.4. The summed E-state index contributed by atoms with van der Waals surface area (Å²) in [5.41, 5.74) is 4.73. The average Bonchev–Trinajstić information content (AvgIpc) is 2.96. The number of carbonyl (C=O) groups is 2. The maximum atomic E-state index is 13.7. The quantitative estimate of drug-likeness (QED) is 0.118. The van der Waals surface area contributed by atoms with Crippen molar-refractivity contribution in [3.05, 3.63) is 70.3 Å². The van der Waals surface area contributed by atoms with Gasteiger partial charge in [0, 0.05) is 12.0 Å². The molecule has 0 aromatic heterocycles. The summed E-state index contributed by atoms with van der Waals surface area (Å²) >= 11 is 0. The van der Waals surface area contributed by atoms with Crippen LogP contribution in [0.3, 0.4) is 0 Å². The van der Waals surface area contributed by atoms with E-state index in [1.54, 1.807) is 0 Å². The van der Waals surface area contributed by atoms with Gasteiger partial charge in [-0.3, -0.25) is 9.59 Å². The zero-order chi connectivity index (χ0) is 31.7. The number of methoxy groups -OCH3 is 1. The topological polar surface area (TPSA) is 61.8 Å². The lowest BCUT2D eigenvalue weighted by atomic mass is 9.80. The van der Waals surface area contributed by atoms with Crippen LogP contribution in [-0.2, 0) is 27.4 Å². The highest BCUT2D eigenvalue weighted by Crippen LogP contribution is 2.45. The molecular formula is C38H54O5. The van der Waals surface area contributed by atoms with E-state index >= 15 is 0 Å². The smallest absolute Gasteiger partial charge is 0.316 e. The normalized spacial score (nSPS) is 18.6. The highest BCUT2D eigenvalue weighted by atomic mass is 16.5. The van der Waals surface area contributed by atoms with Gasteiger partial charge in [-0.25, -0.2) is 0 Å². The van der Waals surface area contributed by atoms with E-state index in [0.29, 0.717) is 18.9 Å². The van der Waals surface area contributed by atoms with Crippen molar-refractivity contribution >= 4 is 11.8 Å². The molecule has 4 atom stereocenters. The molecule has 3 rings (SSSR count). The van der Waals surface area contributed by atoms with Crippen molar-refractivity contribution in [3.8, 4) is 11.5 Å². The molecule has 1 heterocycles. The molecule has 0 radical (unpaired) electrons. The van der Waals surface area contributed by atoms with Crippen molar-refractivity contribution in [2.75, 3.05) is 7.11 Å². The zero-order valence-corrected chi connectivity index (χ0v) is 28.0. The Labute approximate surface area is 260 Å². The number of rotatable bonds is 15. The third-order valence-corrected chi connectivity index (χ3v) is 9.12.